The van der Waals surface area contributed by atoms with E-state index in [2.05, 4.69) is 21.4 Å². The predicted octanol–water partition coefficient (Wildman–Crippen LogP) is 1.15. The van der Waals surface area contributed by atoms with Crippen molar-refractivity contribution in [1.29, 1.82) is 0 Å². The van der Waals surface area contributed by atoms with Gasteiger partial charge in [-0.2, -0.15) is 0 Å². The molecule has 0 N–H and O–H groups in total. The molecule has 2 atom stereocenters. The van der Waals surface area contributed by atoms with Crippen LogP contribution in [0.4, 0.5) is 0 Å². The van der Waals surface area contributed by atoms with Crippen molar-refractivity contribution in [2.24, 2.45) is 5.92 Å². The maximum absolute atomic E-state index is 12.6. The molecule has 3 heterocycles. The van der Waals surface area contributed by atoms with Crippen LogP contribution in [0.5, 0.6) is 0 Å². The van der Waals surface area contributed by atoms with Gasteiger partial charge in [0.15, 0.2) is 9.84 Å². The number of hydrogen-bond acceptors (Lipinski definition) is 5. The number of imidazole rings is 1. The first-order valence-corrected chi connectivity index (χ1v) is 11.4. The van der Waals surface area contributed by atoms with E-state index in [1.807, 2.05) is 24.9 Å². The number of carbonyl (C=O) groups is 1. The summed E-state index contributed by atoms with van der Waals surface area (Å²) in [5, 5.41) is 0. The average Bonchev–Trinajstić information content (AvgIpc) is 3.10. The first-order valence-electron chi connectivity index (χ1n) is 9.54. The van der Waals surface area contributed by atoms with Gasteiger partial charge in [-0.05, 0) is 12.3 Å². The van der Waals surface area contributed by atoms with E-state index in [1.165, 1.54) is 0 Å². The Morgan fingerprint density at radius 3 is 2.69 bits per heavy atom. The summed E-state index contributed by atoms with van der Waals surface area (Å²) in [6.45, 7) is 9.00. The smallest absolute Gasteiger partial charge is 0.223 e. The summed E-state index contributed by atoms with van der Waals surface area (Å²) in [5.41, 5.74) is 0. The molecule has 0 unspecified atom stereocenters. The van der Waals surface area contributed by atoms with Gasteiger partial charge in [-0.3, -0.25) is 9.69 Å². The van der Waals surface area contributed by atoms with Gasteiger partial charge < -0.3 is 9.47 Å². The van der Waals surface area contributed by atoms with Crippen molar-refractivity contribution in [3.63, 3.8) is 0 Å². The van der Waals surface area contributed by atoms with Crippen molar-refractivity contribution in [3.05, 3.63) is 18.2 Å². The molecular weight excluding hydrogens is 352 g/mol. The Morgan fingerprint density at radius 2 is 2.00 bits per heavy atom. The third-order valence-electron chi connectivity index (χ3n) is 5.30. The SMILES string of the molecule is CCCn1ccnc1CN1CCN(C(=O)CC(C)C)[C@@H]2CS(=O)(=O)C[C@@H]21. The minimum Gasteiger partial charge on any atom is -0.336 e. The molecule has 2 saturated heterocycles. The molecule has 2 aliphatic rings. The van der Waals surface area contributed by atoms with E-state index >= 15 is 0 Å². The van der Waals surface area contributed by atoms with Gasteiger partial charge in [-0.25, -0.2) is 13.4 Å². The van der Waals surface area contributed by atoms with Gasteiger partial charge in [0.2, 0.25) is 5.91 Å². The van der Waals surface area contributed by atoms with Crippen LogP contribution in [0.25, 0.3) is 0 Å². The summed E-state index contributed by atoms with van der Waals surface area (Å²) in [7, 11) is -3.12. The predicted molar refractivity (Wildman–Crippen MR) is 100 cm³/mol. The van der Waals surface area contributed by atoms with Gasteiger partial charge in [0.05, 0.1) is 24.1 Å². The fourth-order valence-corrected chi connectivity index (χ4v) is 6.13. The lowest BCUT2D eigenvalue weighted by Gasteiger charge is -2.44. The van der Waals surface area contributed by atoms with Crippen LogP contribution in [0.1, 0.15) is 39.4 Å². The highest BCUT2D eigenvalue weighted by Crippen LogP contribution is 2.29. The van der Waals surface area contributed by atoms with Gasteiger partial charge in [0, 0.05) is 44.5 Å². The number of sulfone groups is 1. The molecule has 0 radical (unpaired) electrons. The van der Waals surface area contributed by atoms with Gasteiger partial charge in [0.1, 0.15) is 5.82 Å². The van der Waals surface area contributed by atoms with Crippen LogP contribution in [-0.4, -0.2) is 70.4 Å². The van der Waals surface area contributed by atoms with Crippen molar-refractivity contribution in [2.45, 2.75) is 58.8 Å². The molecule has 0 aromatic carbocycles. The third kappa shape index (κ3) is 4.11. The standard InChI is InChI=1S/C18H30N4O3S/c1-4-6-20-7-5-19-17(20)11-21-8-9-22(18(23)10-14(2)3)16-13-26(24,25)12-15(16)21/h5,7,14-16H,4,6,8-13H2,1-3H3/t15-,16+/m0/s1. The maximum atomic E-state index is 12.6. The van der Waals surface area contributed by atoms with Crippen LogP contribution in [-0.2, 0) is 27.7 Å². The minimum absolute atomic E-state index is 0.0826. The first-order chi connectivity index (χ1) is 12.3. The zero-order chi connectivity index (χ0) is 18.9. The molecule has 2 fully saturated rings. The number of aryl methyl sites for hydroxylation is 1. The van der Waals surface area contributed by atoms with Gasteiger partial charge in [-0.1, -0.05) is 20.8 Å². The Hall–Kier alpha value is -1.41. The summed E-state index contributed by atoms with van der Waals surface area (Å²) in [5.74, 6) is 1.55. The number of hydrogen-bond donors (Lipinski definition) is 0. The number of nitrogens with zero attached hydrogens (tertiary/aromatic N) is 4. The second kappa shape index (κ2) is 7.68. The lowest BCUT2D eigenvalue weighted by atomic mass is 10.0. The molecule has 26 heavy (non-hydrogen) atoms. The number of amides is 1. The van der Waals surface area contributed by atoms with Crippen molar-refractivity contribution in [2.75, 3.05) is 24.6 Å². The van der Waals surface area contributed by atoms with Gasteiger partial charge in [-0.15, -0.1) is 0 Å². The monoisotopic (exact) mass is 382 g/mol. The third-order valence-corrected chi connectivity index (χ3v) is 7.00. The van der Waals surface area contributed by atoms with Crippen LogP contribution < -0.4 is 0 Å². The molecule has 0 bridgehead atoms. The molecule has 1 aromatic rings. The van der Waals surface area contributed by atoms with Gasteiger partial charge in [0.25, 0.3) is 0 Å². The normalized spacial score (nSPS) is 25.6. The van der Waals surface area contributed by atoms with E-state index < -0.39 is 9.84 Å². The van der Waals surface area contributed by atoms with E-state index in [9.17, 15) is 13.2 Å². The second-order valence-corrected chi connectivity index (χ2v) is 10.1. The molecule has 0 saturated carbocycles. The Balaban J connectivity index is 1.78. The van der Waals surface area contributed by atoms with Crippen molar-refractivity contribution in [1.82, 2.24) is 19.4 Å². The van der Waals surface area contributed by atoms with Crippen LogP contribution in [0.2, 0.25) is 0 Å². The molecule has 0 aliphatic carbocycles. The second-order valence-electron chi connectivity index (χ2n) is 7.90. The first kappa shape index (κ1) is 19.4. The van der Waals surface area contributed by atoms with E-state index in [4.69, 9.17) is 0 Å². The summed E-state index contributed by atoms with van der Waals surface area (Å²) in [6.07, 6.45) is 5.28. The Kier molecular flexibility index (Phi) is 5.72. The molecule has 1 aromatic heterocycles. The molecule has 7 nitrogen and oxygen atoms in total. The largest absolute Gasteiger partial charge is 0.336 e. The van der Waals surface area contributed by atoms with Crippen molar-refractivity contribution >= 4 is 15.7 Å². The number of aromatic nitrogens is 2. The minimum atomic E-state index is -3.12. The zero-order valence-corrected chi connectivity index (χ0v) is 16.8. The van der Waals surface area contributed by atoms with Crippen molar-refractivity contribution < 1.29 is 13.2 Å². The lowest BCUT2D eigenvalue weighted by molar-refractivity contribution is -0.138. The number of piperazine rings is 1. The number of carbonyl (C=O) groups excluding carboxylic acids is 1. The average molecular weight is 383 g/mol. The highest BCUT2D eigenvalue weighted by Gasteiger charge is 2.48. The summed E-state index contributed by atoms with van der Waals surface area (Å²) >= 11 is 0. The Morgan fingerprint density at radius 1 is 1.27 bits per heavy atom. The molecule has 0 spiro atoms. The van der Waals surface area contributed by atoms with E-state index in [0.29, 0.717) is 26.1 Å². The molecule has 2 aliphatic heterocycles. The Labute approximate surface area is 156 Å². The summed E-state index contributed by atoms with van der Waals surface area (Å²) in [4.78, 5) is 21.1. The van der Waals surface area contributed by atoms with E-state index in [-0.39, 0.29) is 35.4 Å². The quantitative estimate of drug-likeness (QED) is 0.738. The van der Waals surface area contributed by atoms with E-state index in [0.717, 1.165) is 18.8 Å². The fourth-order valence-electron chi connectivity index (χ4n) is 4.12. The topological polar surface area (TPSA) is 75.5 Å². The summed E-state index contributed by atoms with van der Waals surface area (Å²) in [6, 6.07) is -0.355. The van der Waals surface area contributed by atoms with E-state index in [1.54, 1.807) is 6.20 Å². The number of rotatable bonds is 6. The van der Waals surface area contributed by atoms with Gasteiger partial charge >= 0.3 is 0 Å². The zero-order valence-electron chi connectivity index (χ0n) is 16.0. The highest BCUT2D eigenvalue weighted by molar-refractivity contribution is 7.91. The fraction of sp³-hybridized carbons (Fsp3) is 0.778. The Bertz CT molecular complexity index is 743. The molecule has 1 amide bonds. The van der Waals surface area contributed by atoms with Crippen LogP contribution in [0, 0.1) is 5.92 Å². The van der Waals surface area contributed by atoms with Crippen LogP contribution in [0.3, 0.4) is 0 Å². The maximum Gasteiger partial charge on any atom is 0.223 e. The summed E-state index contributed by atoms with van der Waals surface area (Å²) < 4.78 is 26.8. The van der Waals surface area contributed by atoms with Crippen molar-refractivity contribution in [3.8, 4) is 0 Å². The number of fused-ring (bicyclic) bond motifs is 1. The van der Waals surface area contributed by atoms with Crippen LogP contribution in [0.15, 0.2) is 12.4 Å². The van der Waals surface area contributed by atoms with Crippen LogP contribution >= 0.6 is 0 Å². The molecule has 3 rings (SSSR count). The lowest BCUT2D eigenvalue weighted by Crippen LogP contribution is -2.60. The molecule has 8 heteroatoms. The molecule has 146 valence electrons. The highest BCUT2D eigenvalue weighted by atomic mass is 32.2. The molecular formula is C18H30N4O3S.